The van der Waals surface area contributed by atoms with Crippen molar-refractivity contribution in [2.75, 3.05) is 21.3 Å². The van der Waals surface area contributed by atoms with Gasteiger partial charge in [-0.15, -0.1) is 10.2 Å². The SMILES string of the molecule is COc1cccc(-c2nnc(C(=O)NS(=O)(=O)[C@@H](C)c3ccccc3)n2-c2c(OC)cccc2OC)n1. The Morgan fingerprint density at radius 1 is 0.865 bits per heavy atom. The molecule has 0 bridgehead atoms. The lowest BCUT2D eigenvalue weighted by atomic mass is 10.2. The Balaban J connectivity index is 1.86. The van der Waals surface area contributed by atoms with Gasteiger partial charge in [-0.2, -0.15) is 0 Å². The fraction of sp³-hybridized carbons (Fsp3) is 0.200. The van der Waals surface area contributed by atoms with E-state index in [4.69, 9.17) is 14.2 Å². The Morgan fingerprint density at radius 2 is 1.51 bits per heavy atom. The van der Waals surface area contributed by atoms with Crippen molar-refractivity contribution in [3.05, 3.63) is 78.1 Å². The predicted octanol–water partition coefficient (Wildman–Crippen LogP) is 3.18. The third-order valence-electron chi connectivity index (χ3n) is 5.62. The molecule has 0 fully saturated rings. The third-order valence-corrected chi connectivity index (χ3v) is 7.30. The molecule has 0 aliphatic rings. The molecule has 4 aromatic rings. The van der Waals surface area contributed by atoms with Crippen LogP contribution in [0.1, 0.15) is 28.4 Å². The molecular weight excluding hydrogens is 498 g/mol. The molecule has 2 aromatic carbocycles. The molecule has 11 nitrogen and oxygen atoms in total. The normalized spacial score (nSPS) is 12.0. The number of amides is 1. The van der Waals surface area contributed by atoms with Gasteiger partial charge in [0.1, 0.15) is 28.1 Å². The van der Waals surface area contributed by atoms with Crippen molar-refractivity contribution in [3.63, 3.8) is 0 Å². The number of carbonyl (C=O) groups excluding carboxylic acids is 1. The summed E-state index contributed by atoms with van der Waals surface area (Å²) in [6.45, 7) is 1.49. The molecule has 0 saturated heterocycles. The van der Waals surface area contributed by atoms with Gasteiger partial charge in [0, 0.05) is 6.07 Å². The fourth-order valence-electron chi connectivity index (χ4n) is 3.68. The molecule has 2 heterocycles. The molecule has 2 aromatic heterocycles. The van der Waals surface area contributed by atoms with Gasteiger partial charge in [0.05, 0.1) is 21.3 Å². The Labute approximate surface area is 214 Å². The highest BCUT2D eigenvalue weighted by Gasteiger charge is 2.31. The summed E-state index contributed by atoms with van der Waals surface area (Å²) in [6, 6.07) is 18.6. The van der Waals surface area contributed by atoms with Gasteiger partial charge in [0.2, 0.25) is 21.7 Å². The van der Waals surface area contributed by atoms with Crippen LogP contribution >= 0.6 is 0 Å². The lowest BCUT2D eigenvalue weighted by Gasteiger charge is -2.18. The summed E-state index contributed by atoms with van der Waals surface area (Å²) in [4.78, 5) is 17.8. The van der Waals surface area contributed by atoms with Gasteiger partial charge >= 0.3 is 5.91 Å². The summed E-state index contributed by atoms with van der Waals surface area (Å²) >= 11 is 0. The van der Waals surface area contributed by atoms with Crippen LogP contribution in [0.3, 0.4) is 0 Å². The van der Waals surface area contributed by atoms with Gasteiger partial charge in [-0.05, 0) is 30.7 Å². The number of carbonyl (C=O) groups is 1. The Kier molecular flexibility index (Phi) is 7.39. The summed E-state index contributed by atoms with van der Waals surface area (Å²) in [7, 11) is 0.246. The van der Waals surface area contributed by atoms with Crippen LogP contribution in [-0.4, -0.2) is 55.4 Å². The second-order valence-corrected chi connectivity index (χ2v) is 9.79. The number of nitrogens with one attached hydrogen (secondary N) is 1. The first-order valence-electron chi connectivity index (χ1n) is 11.1. The number of aromatic nitrogens is 4. The summed E-state index contributed by atoms with van der Waals surface area (Å²) in [6.07, 6.45) is 0. The molecular formula is C25H25N5O6S. The highest BCUT2D eigenvalue weighted by molar-refractivity contribution is 7.90. The number of pyridine rings is 1. The summed E-state index contributed by atoms with van der Waals surface area (Å²) in [5.74, 6) is -0.191. The van der Waals surface area contributed by atoms with Gasteiger partial charge < -0.3 is 14.2 Å². The van der Waals surface area contributed by atoms with Crippen LogP contribution < -0.4 is 18.9 Å². The third kappa shape index (κ3) is 5.09. The number of hydrogen-bond donors (Lipinski definition) is 1. The first-order valence-corrected chi connectivity index (χ1v) is 12.6. The van der Waals surface area contributed by atoms with E-state index < -0.39 is 21.2 Å². The number of para-hydroxylation sites is 1. The molecule has 1 N–H and O–H groups in total. The zero-order valence-electron chi connectivity index (χ0n) is 20.6. The van der Waals surface area contributed by atoms with E-state index in [2.05, 4.69) is 19.9 Å². The zero-order chi connectivity index (χ0) is 26.6. The second kappa shape index (κ2) is 10.7. The van der Waals surface area contributed by atoms with Gasteiger partial charge in [-0.3, -0.25) is 9.36 Å². The number of sulfonamides is 1. The van der Waals surface area contributed by atoms with Crippen molar-refractivity contribution < 1.29 is 27.4 Å². The zero-order valence-corrected chi connectivity index (χ0v) is 21.4. The highest BCUT2D eigenvalue weighted by Crippen LogP contribution is 2.36. The molecule has 1 amide bonds. The minimum atomic E-state index is -4.14. The highest BCUT2D eigenvalue weighted by atomic mass is 32.2. The monoisotopic (exact) mass is 523 g/mol. The molecule has 0 aliphatic heterocycles. The molecule has 4 rings (SSSR count). The minimum Gasteiger partial charge on any atom is -0.494 e. The van der Waals surface area contributed by atoms with Crippen molar-refractivity contribution in [3.8, 4) is 34.6 Å². The smallest absolute Gasteiger partial charge is 0.303 e. The van der Waals surface area contributed by atoms with Crippen LogP contribution in [0.2, 0.25) is 0 Å². The second-order valence-electron chi connectivity index (χ2n) is 7.79. The Hall–Kier alpha value is -4.45. The predicted molar refractivity (Wildman–Crippen MR) is 135 cm³/mol. The van der Waals surface area contributed by atoms with Crippen LogP contribution in [-0.2, 0) is 10.0 Å². The molecule has 0 aliphatic carbocycles. The van der Waals surface area contributed by atoms with Gasteiger partial charge in [-0.1, -0.05) is 42.5 Å². The molecule has 0 unspecified atom stereocenters. The van der Waals surface area contributed by atoms with E-state index in [0.717, 1.165) is 0 Å². The topological polar surface area (TPSA) is 135 Å². The number of benzene rings is 2. The molecule has 12 heteroatoms. The van der Waals surface area contributed by atoms with Gasteiger partial charge in [-0.25, -0.2) is 18.1 Å². The Bertz CT molecular complexity index is 1500. The van der Waals surface area contributed by atoms with Crippen LogP contribution in [0, 0.1) is 0 Å². The maximum absolute atomic E-state index is 13.4. The van der Waals surface area contributed by atoms with Crippen molar-refractivity contribution in [1.29, 1.82) is 0 Å². The number of hydrogen-bond acceptors (Lipinski definition) is 9. The lowest BCUT2D eigenvalue weighted by Crippen LogP contribution is -2.35. The average Bonchev–Trinajstić information content (AvgIpc) is 3.37. The molecule has 0 saturated carbocycles. The summed E-state index contributed by atoms with van der Waals surface area (Å²) < 4.78 is 46.0. The first-order chi connectivity index (χ1) is 17.8. The molecule has 0 radical (unpaired) electrons. The van der Waals surface area contributed by atoms with Crippen molar-refractivity contribution in [2.24, 2.45) is 0 Å². The van der Waals surface area contributed by atoms with Crippen LogP contribution in [0.4, 0.5) is 0 Å². The van der Waals surface area contributed by atoms with E-state index in [-0.39, 0.29) is 17.3 Å². The van der Waals surface area contributed by atoms with Crippen LogP contribution in [0.5, 0.6) is 17.4 Å². The average molecular weight is 524 g/mol. The van der Waals surface area contributed by atoms with Gasteiger partial charge in [0.25, 0.3) is 0 Å². The largest absolute Gasteiger partial charge is 0.494 e. The molecule has 0 spiro atoms. The maximum Gasteiger partial charge on any atom is 0.303 e. The van der Waals surface area contributed by atoms with E-state index in [1.807, 2.05) is 0 Å². The molecule has 37 heavy (non-hydrogen) atoms. The van der Waals surface area contributed by atoms with E-state index in [1.165, 1.54) is 32.8 Å². The minimum absolute atomic E-state index is 0.139. The van der Waals surface area contributed by atoms with E-state index in [9.17, 15) is 13.2 Å². The van der Waals surface area contributed by atoms with Gasteiger partial charge in [0.15, 0.2) is 5.82 Å². The van der Waals surface area contributed by atoms with Crippen molar-refractivity contribution >= 4 is 15.9 Å². The van der Waals surface area contributed by atoms with E-state index in [1.54, 1.807) is 66.7 Å². The van der Waals surface area contributed by atoms with E-state index in [0.29, 0.717) is 28.6 Å². The number of ether oxygens (including phenoxy) is 3. The maximum atomic E-state index is 13.4. The standard InChI is InChI=1S/C25H25N5O6S/c1-16(17-10-6-5-7-11-17)37(32,33)29-25(31)24-28-27-23(18-12-8-15-21(26-18)36-4)30(24)22-19(34-2)13-9-14-20(22)35-3/h5-16H,1-4H3,(H,29,31)/t16-/m0/s1. The number of rotatable bonds is 9. The van der Waals surface area contributed by atoms with Crippen LogP contribution in [0.25, 0.3) is 17.2 Å². The van der Waals surface area contributed by atoms with Crippen molar-refractivity contribution in [1.82, 2.24) is 24.5 Å². The first kappa shape index (κ1) is 25.6. The number of methoxy groups -OCH3 is 3. The lowest BCUT2D eigenvalue weighted by molar-refractivity contribution is 0.0969. The number of nitrogens with zero attached hydrogens (tertiary/aromatic N) is 4. The summed E-state index contributed by atoms with van der Waals surface area (Å²) in [5, 5.41) is 7.20. The van der Waals surface area contributed by atoms with E-state index >= 15 is 0 Å². The fourth-order valence-corrected chi connectivity index (χ4v) is 4.72. The Morgan fingerprint density at radius 3 is 2.14 bits per heavy atom. The van der Waals surface area contributed by atoms with Crippen LogP contribution in [0.15, 0.2) is 66.7 Å². The molecule has 192 valence electrons. The molecule has 1 atom stereocenters. The van der Waals surface area contributed by atoms with Crippen molar-refractivity contribution in [2.45, 2.75) is 12.2 Å². The quantitative estimate of drug-likeness (QED) is 0.351. The summed E-state index contributed by atoms with van der Waals surface area (Å²) in [5.41, 5.74) is 1.13.